The molecule has 2 aromatic rings. The van der Waals surface area contributed by atoms with Crippen LogP contribution in [0, 0.1) is 0 Å². The number of rotatable bonds is 7. The molecule has 0 unspecified atom stereocenters. The molecule has 0 saturated heterocycles. The van der Waals surface area contributed by atoms with Crippen molar-refractivity contribution >= 4 is 17.2 Å². The molecule has 6 heteroatoms. The van der Waals surface area contributed by atoms with Crippen molar-refractivity contribution in [3.8, 4) is 0 Å². The zero-order valence-electron chi connectivity index (χ0n) is 10.5. The molecule has 0 radical (unpaired) electrons. The maximum atomic E-state index is 11.6. The predicted molar refractivity (Wildman–Crippen MR) is 74.5 cm³/mol. The van der Waals surface area contributed by atoms with E-state index in [4.69, 9.17) is 0 Å². The molecule has 0 bridgehead atoms. The van der Waals surface area contributed by atoms with Crippen LogP contribution in [-0.2, 0) is 17.9 Å². The SMILES string of the molecule is O=C(CCNCc1cscn1)NCc1cccnc1. The molecule has 1 amide bonds. The zero-order valence-corrected chi connectivity index (χ0v) is 11.3. The second-order valence-corrected chi connectivity index (χ2v) is 4.76. The van der Waals surface area contributed by atoms with Crippen molar-refractivity contribution in [1.29, 1.82) is 0 Å². The second kappa shape index (κ2) is 7.60. The highest BCUT2D eigenvalue weighted by Gasteiger charge is 2.01. The lowest BCUT2D eigenvalue weighted by molar-refractivity contribution is -0.121. The van der Waals surface area contributed by atoms with E-state index in [1.54, 1.807) is 29.2 Å². The standard InChI is InChI=1S/C13H16N4OS/c18-13(16-7-11-2-1-4-14-6-11)3-5-15-8-12-9-19-10-17-12/h1-2,4,6,9-10,15H,3,5,7-8H2,(H,16,18). The maximum absolute atomic E-state index is 11.6. The van der Waals surface area contributed by atoms with Gasteiger partial charge in [-0.1, -0.05) is 6.07 Å². The molecule has 2 rings (SSSR count). The molecule has 0 aliphatic rings. The number of amides is 1. The first-order chi connectivity index (χ1) is 9.34. The summed E-state index contributed by atoms with van der Waals surface area (Å²) < 4.78 is 0. The fraction of sp³-hybridized carbons (Fsp3) is 0.308. The average Bonchev–Trinajstić information content (AvgIpc) is 2.96. The summed E-state index contributed by atoms with van der Waals surface area (Å²) in [4.78, 5) is 19.7. The molecule has 2 aromatic heterocycles. The minimum atomic E-state index is 0.0367. The Kier molecular flexibility index (Phi) is 5.46. The van der Waals surface area contributed by atoms with Crippen LogP contribution in [-0.4, -0.2) is 22.4 Å². The van der Waals surface area contributed by atoms with E-state index in [0.29, 0.717) is 26.1 Å². The Morgan fingerprint density at radius 1 is 1.37 bits per heavy atom. The van der Waals surface area contributed by atoms with E-state index < -0.39 is 0 Å². The van der Waals surface area contributed by atoms with Crippen molar-refractivity contribution in [1.82, 2.24) is 20.6 Å². The van der Waals surface area contributed by atoms with Crippen molar-refractivity contribution in [2.75, 3.05) is 6.54 Å². The molecular formula is C13H16N4OS. The van der Waals surface area contributed by atoms with E-state index in [-0.39, 0.29) is 5.91 Å². The van der Waals surface area contributed by atoms with Crippen LogP contribution in [0.25, 0.3) is 0 Å². The number of nitrogens with one attached hydrogen (secondary N) is 2. The van der Waals surface area contributed by atoms with Gasteiger partial charge in [-0.3, -0.25) is 9.78 Å². The van der Waals surface area contributed by atoms with Crippen LogP contribution in [0.3, 0.4) is 0 Å². The highest BCUT2D eigenvalue weighted by Crippen LogP contribution is 1.99. The van der Waals surface area contributed by atoms with E-state index in [1.165, 1.54) is 0 Å². The Balaban J connectivity index is 1.57. The van der Waals surface area contributed by atoms with Crippen LogP contribution in [0.2, 0.25) is 0 Å². The second-order valence-electron chi connectivity index (χ2n) is 4.04. The van der Waals surface area contributed by atoms with Gasteiger partial charge in [0.05, 0.1) is 11.2 Å². The number of nitrogens with zero attached hydrogens (tertiary/aromatic N) is 2. The van der Waals surface area contributed by atoms with Crippen LogP contribution in [0.1, 0.15) is 17.7 Å². The number of hydrogen-bond donors (Lipinski definition) is 2. The largest absolute Gasteiger partial charge is 0.352 e. The van der Waals surface area contributed by atoms with Crippen molar-refractivity contribution in [3.05, 3.63) is 46.7 Å². The number of carbonyl (C=O) groups is 1. The molecule has 5 nitrogen and oxygen atoms in total. The van der Waals surface area contributed by atoms with Gasteiger partial charge in [0, 0.05) is 43.8 Å². The summed E-state index contributed by atoms with van der Waals surface area (Å²) in [6.07, 6.45) is 3.93. The quantitative estimate of drug-likeness (QED) is 0.749. The van der Waals surface area contributed by atoms with Gasteiger partial charge in [0.2, 0.25) is 5.91 Å². The van der Waals surface area contributed by atoms with Crippen LogP contribution < -0.4 is 10.6 Å². The van der Waals surface area contributed by atoms with Crippen LogP contribution in [0.4, 0.5) is 0 Å². The van der Waals surface area contributed by atoms with Crippen molar-refractivity contribution < 1.29 is 4.79 Å². The zero-order chi connectivity index (χ0) is 13.3. The highest BCUT2D eigenvalue weighted by molar-refractivity contribution is 7.07. The summed E-state index contributed by atoms with van der Waals surface area (Å²) in [5, 5.41) is 8.04. The molecule has 0 aliphatic carbocycles. The first-order valence-electron chi connectivity index (χ1n) is 6.08. The Morgan fingerprint density at radius 3 is 3.05 bits per heavy atom. The molecule has 0 spiro atoms. The Morgan fingerprint density at radius 2 is 2.32 bits per heavy atom. The fourth-order valence-corrected chi connectivity index (χ4v) is 2.09. The van der Waals surface area contributed by atoms with Gasteiger partial charge in [-0.05, 0) is 11.6 Å². The van der Waals surface area contributed by atoms with E-state index in [1.807, 2.05) is 17.5 Å². The van der Waals surface area contributed by atoms with Gasteiger partial charge in [0.25, 0.3) is 0 Å². The van der Waals surface area contributed by atoms with Gasteiger partial charge in [-0.15, -0.1) is 11.3 Å². The lowest BCUT2D eigenvalue weighted by atomic mass is 10.3. The summed E-state index contributed by atoms with van der Waals surface area (Å²) in [7, 11) is 0. The highest BCUT2D eigenvalue weighted by atomic mass is 32.1. The van der Waals surface area contributed by atoms with E-state index in [9.17, 15) is 4.79 Å². The summed E-state index contributed by atoms with van der Waals surface area (Å²) in [6.45, 7) is 1.88. The molecule has 0 atom stereocenters. The van der Waals surface area contributed by atoms with Crippen molar-refractivity contribution in [3.63, 3.8) is 0 Å². The molecule has 2 heterocycles. The Hall–Kier alpha value is -1.79. The summed E-state index contributed by atoms with van der Waals surface area (Å²) in [6, 6.07) is 3.80. The smallest absolute Gasteiger partial charge is 0.221 e. The van der Waals surface area contributed by atoms with Crippen LogP contribution in [0.5, 0.6) is 0 Å². The normalized spacial score (nSPS) is 10.3. The summed E-state index contributed by atoms with van der Waals surface area (Å²) in [5.74, 6) is 0.0367. The van der Waals surface area contributed by atoms with Gasteiger partial charge in [0.1, 0.15) is 0 Å². The molecule has 0 saturated carbocycles. The number of carbonyl (C=O) groups excluding carboxylic acids is 1. The minimum Gasteiger partial charge on any atom is -0.352 e. The monoisotopic (exact) mass is 276 g/mol. The van der Waals surface area contributed by atoms with Gasteiger partial charge in [-0.25, -0.2) is 4.98 Å². The number of pyridine rings is 1. The number of hydrogen-bond acceptors (Lipinski definition) is 5. The van der Waals surface area contributed by atoms with Crippen LogP contribution >= 0.6 is 11.3 Å². The summed E-state index contributed by atoms with van der Waals surface area (Å²) >= 11 is 1.57. The number of thiazole rings is 1. The number of aromatic nitrogens is 2. The lowest BCUT2D eigenvalue weighted by Crippen LogP contribution is -2.27. The van der Waals surface area contributed by atoms with Crippen molar-refractivity contribution in [2.45, 2.75) is 19.5 Å². The minimum absolute atomic E-state index is 0.0367. The van der Waals surface area contributed by atoms with Gasteiger partial charge < -0.3 is 10.6 Å². The van der Waals surface area contributed by atoms with Crippen LogP contribution in [0.15, 0.2) is 35.4 Å². The maximum Gasteiger partial charge on any atom is 0.221 e. The summed E-state index contributed by atoms with van der Waals surface area (Å²) in [5.41, 5.74) is 3.82. The lowest BCUT2D eigenvalue weighted by Gasteiger charge is -2.05. The molecule has 2 N–H and O–H groups in total. The third-order valence-corrected chi connectivity index (χ3v) is 3.17. The molecule has 100 valence electrons. The van der Waals surface area contributed by atoms with E-state index in [2.05, 4.69) is 20.6 Å². The molecule has 0 aromatic carbocycles. The van der Waals surface area contributed by atoms with Crippen molar-refractivity contribution in [2.24, 2.45) is 0 Å². The predicted octanol–water partition coefficient (Wildman–Crippen LogP) is 1.33. The third-order valence-electron chi connectivity index (χ3n) is 2.53. The van der Waals surface area contributed by atoms with E-state index in [0.717, 1.165) is 11.3 Å². The topological polar surface area (TPSA) is 66.9 Å². The first kappa shape index (κ1) is 13.6. The van der Waals surface area contributed by atoms with Gasteiger partial charge in [-0.2, -0.15) is 0 Å². The van der Waals surface area contributed by atoms with Gasteiger partial charge in [0.15, 0.2) is 0 Å². The Labute approximate surface area is 116 Å². The Bertz CT molecular complexity index is 487. The fourth-order valence-electron chi connectivity index (χ4n) is 1.53. The molecule has 0 fully saturated rings. The molecular weight excluding hydrogens is 260 g/mol. The molecule has 0 aliphatic heterocycles. The van der Waals surface area contributed by atoms with E-state index >= 15 is 0 Å². The first-order valence-corrected chi connectivity index (χ1v) is 7.02. The third kappa shape index (κ3) is 5.15. The molecule has 19 heavy (non-hydrogen) atoms. The average molecular weight is 276 g/mol. The van der Waals surface area contributed by atoms with Gasteiger partial charge >= 0.3 is 0 Å².